The Morgan fingerprint density at radius 1 is 1.45 bits per heavy atom. The van der Waals surface area contributed by atoms with Crippen LogP contribution in [0.4, 0.5) is 0 Å². The highest BCUT2D eigenvalue weighted by molar-refractivity contribution is 7.09. The largest absolute Gasteiger partial charge is 0.327 e. The van der Waals surface area contributed by atoms with Gasteiger partial charge in [0.1, 0.15) is 0 Å². The van der Waals surface area contributed by atoms with Crippen molar-refractivity contribution in [1.82, 2.24) is 10.3 Å². The summed E-state index contributed by atoms with van der Waals surface area (Å²) in [5.74, 6) is 1.33. The Labute approximate surface area is 127 Å². The summed E-state index contributed by atoms with van der Waals surface area (Å²) in [6.45, 7) is 11.3. The second-order valence-corrected chi connectivity index (χ2v) is 7.83. The molecule has 2 rings (SSSR count). The predicted molar refractivity (Wildman–Crippen MR) is 87.1 cm³/mol. The number of hydrogen-bond acceptors (Lipinski definition) is 4. The van der Waals surface area contributed by atoms with Crippen molar-refractivity contribution in [2.45, 2.75) is 53.0 Å². The van der Waals surface area contributed by atoms with Crippen LogP contribution in [-0.2, 0) is 6.42 Å². The Morgan fingerprint density at radius 2 is 2.20 bits per heavy atom. The molecule has 0 aromatic carbocycles. The molecule has 1 saturated carbocycles. The summed E-state index contributed by atoms with van der Waals surface area (Å²) >= 11 is 1.77. The molecule has 0 radical (unpaired) electrons. The van der Waals surface area contributed by atoms with Gasteiger partial charge in [-0.3, -0.25) is 0 Å². The fourth-order valence-electron chi connectivity index (χ4n) is 3.29. The molecule has 3 N–H and O–H groups in total. The van der Waals surface area contributed by atoms with E-state index in [9.17, 15) is 0 Å². The first kappa shape index (κ1) is 15.9. The van der Waals surface area contributed by atoms with E-state index < -0.39 is 0 Å². The first-order valence-corrected chi connectivity index (χ1v) is 8.66. The van der Waals surface area contributed by atoms with Crippen LogP contribution in [0.25, 0.3) is 0 Å². The van der Waals surface area contributed by atoms with E-state index in [0.29, 0.717) is 17.4 Å². The van der Waals surface area contributed by atoms with Gasteiger partial charge in [0.15, 0.2) is 0 Å². The molecule has 0 bridgehead atoms. The zero-order chi connectivity index (χ0) is 14.8. The van der Waals surface area contributed by atoms with Gasteiger partial charge in [-0.15, -0.1) is 11.3 Å². The zero-order valence-corrected chi connectivity index (χ0v) is 14.1. The van der Waals surface area contributed by atoms with E-state index in [-0.39, 0.29) is 0 Å². The van der Waals surface area contributed by atoms with Crippen molar-refractivity contribution in [3.05, 3.63) is 16.1 Å². The number of nitrogens with two attached hydrogens (primary N) is 1. The summed E-state index contributed by atoms with van der Waals surface area (Å²) < 4.78 is 0. The summed E-state index contributed by atoms with van der Waals surface area (Å²) in [5, 5.41) is 7.00. The highest BCUT2D eigenvalue weighted by Crippen LogP contribution is 2.43. The molecular formula is C16H29N3S. The zero-order valence-electron chi connectivity index (χ0n) is 13.3. The van der Waals surface area contributed by atoms with Gasteiger partial charge in [0.2, 0.25) is 0 Å². The summed E-state index contributed by atoms with van der Waals surface area (Å²) in [6, 6.07) is 0.375. The number of aromatic nitrogens is 1. The Kier molecular flexibility index (Phi) is 5.21. The minimum Gasteiger partial charge on any atom is -0.327 e. The second-order valence-electron chi connectivity index (χ2n) is 6.88. The van der Waals surface area contributed by atoms with Crippen LogP contribution in [0.2, 0.25) is 0 Å². The average Bonchev–Trinajstić information content (AvgIpc) is 2.80. The first-order chi connectivity index (χ1) is 9.41. The molecule has 3 unspecified atom stereocenters. The molecule has 20 heavy (non-hydrogen) atoms. The molecule has 3 nitrogen and oxygen atoms in total. The topological polar surface area (TPSA) is 50.9 Å². The number of nitrogens with zero attached hydrogens (tertiary/aromatic N) is 1. The van der Waals surface area contributed by atoms with Crippen LogP contribution in [0.5, 0.6) is 0 Å². The van der Waals surface area contributed by atoms with Crippen LogP contribution in [0, 0.1) is 24.2 Å². The number of aryl methyl sites for hydroxylation is 1. The summed E-state index contributed by atoms with van der Waals surface area (Å²) in [6.07, 6.45) is 3.46. The van der Waals surface area contributed by atoms with Crippen molar-refractivity contribution in [3.8, 4) is 0 Å². The van der Waals surface area contributed by atoms with Gasteiger partial charge in [-0.1, -0.05) is 20.8 Å². The smallest absolute Gasteiger partial charge is 0.0940 e. The predicted octanol–water partition coefficient (Wildman–Crippen LogP) is 2.98. The summed E-state index contributed by atoms with van der Waals surface area (Å²) in [4.78, 5) is 4.51. The van der Waals surface area contributed by atoms with Crippen LogP contribution < -0.4 is 11.1 Å². The Bertz CT molecular complexity index is 427. The molecule has 4 heteroatoms. The standard InChI is InChI=1S/C16H29N3S/c1-11-10-20-15(19-11)7-8-18-9-13-5-6-14(17)12(2)16(13,3)4/h10,12-14,18H,5-9,17H2,1-4H3. The number of hydrogen-bond donors (Lipinski definition) is 2. The molecule has 1 aromatic rings. The Morgan fingerprint density at radius 3 is 2.85 bits per heavy atom. The number of nitrogens with one attached hydrogen (secondary N) is 1. The van der Waals surface area contributed by atoms with E-state index in [1.54, 1.807) is 11.3 Å². The molecule has 1 aliphatic rings. The van der Waals surface area contributed by atoms with Crippen molar-refractivity contribution in [3.63, 3.8) is 0 Å². The molecule has 0 amide bonds. The molecule has 1 heterocycles. The van der Waals surface area contributed by atoms with E-state index in [4.69, 9.17) is 5.73 Å². The van der Waals surface area contributed by atoms with Gasteiger partial charge in [0, 0.05) is 30.1 Å². The monoisotopic (exact) mass is 295 g/mol. The van der Waals surface area contributed by atoms with Crippen LogP contribution in [0.15, 0.2) is 5.38 Å². The first-order valence-electron chi connectivity index (χ1n) is 7.78. The number of thiazole rings is 1. The van der Waals surface area contributed by atoms with E-state index >= 15 is 0 Å². The Balaban J connectivity index is 1.76. The third kappa shape index (κ3) is 3.60. The summed E-state index contributed by atoms with van der Waals surface area (Å²) in [5.41, 5.74) is 7.70. The van der Waals surface area contributed by atoms with Gasteiger partial charge in [0.25, 0.3) is 0 Å². The van der Waals surface area contributed by atoms with Crippen LogP contribution in [-0.4, -0.2) is 24.1 Å². The van der Waals surface area contributed by atoms with E-state index in [1.165, 1.54) is 17.8 Å². The van der Waals surface area contributed by atoms with Crippen molar-refractivity contribution >= 4 is 11.3 Å². The molecule has 0 spiro atoms. The van der Waals surface area contributed by atoms with Gasteiger partial charge in [-0.05, 0) is 43.6 Å². The lowest BCUT2D eigenvalue weighted by Gasteiger charge is -2.47. The van der Waals surface area contributed by atoms with E-state index in [1.807, 2.05) is 0 Å². The van der Waals surface area contributed by atoms with Gasteiger partial charge in [-0.25, -0.2) is 4.98 Å². The SMILES string of the molecule is Cc1csc(CCNCC2CCC(N)C(C)C2(C)C)n1. The molecule has 1 fully saturated rings. The molecule has 1 aliphatic carbocycles. The Hall–Kier alpha value is -0.450. The minimum atomic E-state index is 0.336. The third-order valence-corrected chi connectivity index (χ3v) is 6.32. The van der Waals surface area contributed by atoms with E-state index in [0.717, 1.165) is 31.1 Å². The van der Waals surface area contributed by atoms with Crippen LogP contribution in [0.1, 0.15) is 44.3 Å². The normalized spacial score (nSPS) is 29.6. The lowest BCUT2D eigenvalue weighted by Crippen LogP contribution is -2.49. The maximum Gasteiger partial charge on any atom is 0.0940 e. The summed E-state index contributed by atoms with van der Waals surface area (Å²) in [7, 11) is 0. The number of rotatable bonds is 5. The van der Waals surface area contributed by atoms with Crippen molar-refractivity contribution in [2.75, 3.05) is 13.1 Å². The van der Waals surface area contributed by atoms with Crippen molar-refractivity contribution in [2.24, 2.45) is 23.0 Å². The van der Waals surface area contributed by atoms with Crippen LogP contribution in [0.3, 0.4) is 0 Å². The van der Waals surface area contributed by atoms with Gasteiger partial charge >= 0.3 is 0 Å². The fourth-order valence-corrected chi connectivity index (χ4v) is 4.07. The highest BCUT2D eigenvalue weighted by atomic mass is 32.1. The van der Waals surface area contributed by atoms with E-state index in [2.05, 4.69) is 43.4 Å². The second kappa shape index (κ2) is 6.54. The molecule has 0 aliphatic heterocycles. The van der Waals surface area contributed by atoms with Crippen molar-refractivity contribution < 1.29 is 0 Å². The molecule has 1 aromatic heterocycles. The quantitative estimate of drug-likeness (QED) is 0.821. The lowest BCUT2D eigenvalue weighted by atomic mass is 9.61. The highest BCUT2D eigenvalue weighted by Gasteiger charge is 2.40. The molecule has 3 atom stereocenters. The molecule has 114 valence electrons. The lowest BCUT2D eigenvalue weighted by molar-refractivity contribution is 0.0542. The van der Waals surface area contributed by atoms with Crippen molar-refractivity contribution in [1.29, 1.82) is 0 Å². The molecule has 0 saturated heterocycles. The third-order valence-electron chi connectivity index (χ3n) is 5.29. The minimum absolute atomic E-state index is 0.336. The fraction of sp³-hybridized carbons (Fsp3) is 0.812. The van der Waals surface area contributed by atoms with Gasteiger partial charge in [-0.2, -0.15) is 0 Å². The average molecular weight is 295 g/mol. The molecular weight excluding hydrogens is 266 g/mol. The maximum atomic E-state index is 6.22. The maximum absolute atomic E-state index is 6.22. The van der Waals surface area contributed by atoms with Crippen LogP contribution >= 0.6 is 11.3 Å². The van der Waals surface area contributed by atoms with Gasteiger partial charge < -0.3 is 11.1 Å². The van der Waals surface area contributed by atoms with Gasteiger partial charge in [0.05, 0.1) is 5.01 Å².